The zero-order chi connectivity index (χ0) is 14.3. The number of carbonyl (C=O) groups is 2. The lowest BCUT2D eigenvalue weighted by Gasteiger charge is -2.06. The van der Waals surface area contributed by atoms with Crippen LogP contribution >= 0.6 is 11.8 Å². The van der Waals surface area contributed by atoms with E-state index < -0.39 is 11.9 Å². The first-order chi connectivity index (χ1) is 9.12. The van der Waals surface area contributed by atoms with Gasteiger partial charge >= 0.3 is 11.9 Å². The average Bonchev–Trinajstić information content (AvgIpc) is 2.39. The molecule has 0 spiro atoms. The summed E-state index contributed by atoms with van der Waals surface area (Å²) in [5.74, 6) is -1.29. The fourth-order valence-corrected chi connectivity index (χ4v) is 1.68. The molecule has 1 aromatic rings. The predicted octanol–water partition coefficient (Wildman–Crippen LogP) is 2.01. The van der Waals surface area contributed by atoms with Crippen LogP contribution in [0.5, 0.6) is 0 Å². The number of thioether (sulfide) groups is 1. The minimum absolute atomic E-state index is 0.0230. The second-order valence-electron chi connectivity index (χ2n) is 3.21. The lowest BCUT2D eigenvalue weighted by Crippen LogP contribution is -2.13. The highest BCUT2D eigenvalue weighted by molar-refractivity contribution is 8.03. The lowest BCUT2D eigenvalue weighted by molar-refractivity contribution is 0.0511. The van der Waals surface area contributed by atoms with Gasteiger partial charge < -0.3 is 9.47 Å². The minimum Gasteiger partial charge on any atom is -0.461 e. The van der Waals surface area contributed by atoms with Gasteiger partial charge in [-0.05, 0) is 37.7 Å². The molecular weight excluding hydrogens is 268 g/mol. The number of aromatic nitrogens is 1. The fraction of sp³-hybridized carbons (Fsp3) is 0.333. The van der Waals surface area contributed by atoms with E-state index in [0.717, 1.165) is 11.8 Å². The Morgan fingerprint density at radius 1 is 1.21 bits per heavy atom. The molecule has 0 saturated heterocycles. The van der Waals surface area contributed by atoms with Crippen LogP contribution in [0.1, 0.15) is 34.8 Å². The highest BCUT2D eigenvalue weighted by Gasteiger charge is 2.16. The SMILES string of the molecule is CCOC(=O)c1cc(SC#N)cc(C(=O)OCC)n1. The Bertz CT molecular complexity index is 489. The molecular formula is C12H12N2O4S. The number of rotatable bonds is 5. The van der Waals surface area contributed by atoms with Crippen LogP contribution in [0.3, 0.4) is 0 Å². The van der Waals surface area contributed by atoms with Crippen LogP contribution in [0.15, 0.2) is 17.0 Å². The number of pyridine rings is 1. The van der Waals surface area contributed by atoms with Gasteiger partial charge in [-0.2, -0.15) is 5.26 Å². The van der Waals surface area contributed by atoms with Crippen molar-refractivity contribution in [1.29, 1.82) is 5.26 Å². The Morgan fingerprint density at radius 2 is 1.68 bits per heavy atom. The van der Waals surface area contributed by atoms with Gasteiger partial charge in [-0.3, -0.25) is 0 Å². The lowest BCUT2D eigenvalue weighted by atomic mass is 10.3. The first-order valence-electron chi connectivity index (χ1n) is 5.54. The number of carbonyl (C=O) groups excluding carboxylic acids is 2. The molecule has 0 aliphatic carbocycles. The van der Waals surface area contributed by atoms with Gasteiger partial charge in [0.15, 0.2) is 11.4 Å². The Labute approximate surface area is 114 Å². The number of hydrogen-bond donors (Lipinski definition) is 0. The van der Waals surface area contributed by atoms with E-state index in [2.05, 4.69) is 4.98 Å². The van der Waals surface area contributed by atoms with Crippen molar-refractivity contribution >= 4 is 23.7 Å². The van der Waals surface area contributed by atoms with Gasteiger partial charge in [0.1, 0.15) is 5.40 Å². The smallest absolute Gasteiger partial charge is 0.356 e. The van der Waals surface area contributed by atoms with Crippen LogP contribution in [0.4, 0.5) is 0 Å². The molecule has 7 heteroatoms. The van der Waals surface area contributed by atoms with Gasteiger partial charge in [0.25, 0.3) is 0 Å². The van der Waals surface area contributed by atoms with E-state index >= 15 is 0 Å². The summed E-state index contributed by atoms with van der Waals surface area (Å²) in [5, 5.41) is 10.5. The molecule has 0 radical (unpaired) electrons. The number of nitrogens with zero attached hydrogens (tertiary/aromatic N) is 2. The maximum atomic E-state index is 11.6. The van der Waals surface area contributed by atoms with Gasteiger partial charge in [-0.25, -0.2) is 14.6 Å². The normalized spacial score (nSPS) is 9.53. The molecule has 0 bridgehead atoms. The second-order valence-corrected chi connectivity index (χ2v) is 4.07. The standard InChI is InChI=1S/C12H12N2O4S/c1-3-17-11(15)9-5-8(19-7-13)6-10(14-9)12(16)18-4-2/h5-6H,3-4H2,1-2H3. The highest BCUT2D eigenvalue weighted by Crippen LogP contribution is 2.19. The minimum atomic E-state index is -0.645. The van der Waals surface area contributed by atoms with E-state index in [4.69, 9.17) is 14.7 Å². The summed E-state index contributed by atoms with van der Waals surface area (Å²) in [4.78, 5) is 27.5. The van der Waals surface area contributed by atoms with E-state index in [9.17, 15) is 9.59 Å². The van der Waals surface area contributed by atoms with Gasteiger partial charge in [0.2, 0.25) is 0 Å². The van der Waals surface area contributed by atoms with Gasteiger partial charge in [0, 0.05) is 4.90 Å². The second kappa shape index (κ2) is 7.38. The summed E-state index contributed by atoms with van der Waals surface area (Å²) < 4.78 is 9.62. The first kappa shape index (κ1) is 15.0. The molecule has 0 fully saturated rings. The Hall–Kier alpha value is -2.07. The third-order valence-corrected chi connectivity index (χ3v) is 2.49. The van der Waals surface area contributed by atoms with Gasteiger partial charge in [-0.15, -0.1) is 0 Å². The quantitative estimate of drug-likeness (QED) is 0.463. The predicted molar refractivity (Wildman–Crippen MR) is 67.6 cm³/mol. The number of thiocyanates is 1. The van der Waals surface area contributed by atoms with Crippen molar-refractivity contribution in [3.8, 4) is 5.40 Å². The van der Waals surface area contributed by atoms with Crippen molar-refractivity contribution in [3.05, 3.63) is 23.5 Å². The van der Waals surface area contributed by atoms with Crippen molar-refractivity contribution in [3.63, 3.8) is 0 Å². The molecule has 19 heavy (non-hydrogen) atoms. The van der Waals surface area contributed by atoms with Crippen molar-refractivity contribution in [2.75, 3.05) is 13.2 Å². The summed E-state index contributed by atoms with van der Waals surface area (Å²) in [7, 11) is 0. The molecule has 0 aliphatic heterocycles. The van der Waals surface area contributed by atoms with Gasteiger partial charge in [0.05, 0.1) is 13.2 Å². The first-order valence-corrected chi connectivity index (χ1v) is 6.36. The number of nitriles is 1. The molecule has 0 unspecified atom stereocenters. The summed E-state index contributed by atoms with van der Waals surface area (Å²) in [5.41, 5.74) is -0.0460. The molecule has 1 aromatic heterocycles. The van der Waals surface area contributed by atoms with Crippen molar-refractivity contribution in [1.82, 2.24) is 4.98 Å². The highest BCUT2D eigenvalue weighted by atomic mass is 32.2. The molecule has 0 atom stereocenters. The topological polar surface area (TPSA) is 89.3 Å². The van der Waals surface area contributed by atoms with Crippen molar-refractivity contribution in [2.24, 2.45) is 0 Å². The van der Waals surface area contributed by atoms with E-state index in [0.29, 0.717) is 4.90 Å². The molecule has 0 saturated carbocycles. The zero-order valence-electron chi connectivity index (χ0n) is 10.5. The Kier molecular flexibility index (Phi) is 5.82. The van der Waals surface area contributed by atoms with E-state index in [1.807, 2.05) is 5.40 Å². The average molecular weight is 280 g/mol. The van der Waals surface area contributed by atoms with Crippen LogP contribution in [0.25, 0.3) is 0 Å². The number of ether oxygens (including phenoxy) is 2. The number of esters is 2. The van der Waals surface area contributed by atoms with Crippen molar-refractivity contribution < 1.29 is 19.1 Å². The molecule has 0 aromatic carbocycles. The third-order valence-electron chi connectivity index (χ3n) is 1.93. The molecule has 0 amide bonds. The van der Waals surface area contributed by atoms with Crippen LogP contribution in [0.2, 0.25) is 0 Å². The molecule has 100 valence electrons. The Balaban J connectivity index is 3.14. The summed E-state index contributed by atoms with van der Waals surface area (Å²) in [6.07, 6.45) is 0. The van der Waals surface area contributed by atoms with Crippen LogP contribution in [-0.2, 0) is 9.47 Å². The fourth-order valence-electron chi connectivity index (χ4n) is 1.24. The monoisotopic (exact) mass is 280 g/mol. The Morgan fingerprint density at radius 3 is 2.05 bits per heavy atom. The summed E-state index contributed by atoms with van der Waals surface area (Å²) >= 11 is 0.825. The largest absolute Gasteiger partial charge is 0.461 e. The number of hydrogen-bond acceptors (Lipinski definition) is 7. The third kappa shape index (κ3) is 4.26. The van der Waals surface area contributed by atoms with E-state index in [-0.39, 0.29) is 24.6 Å². The molecule has 0 N–H and O–H groups in total. The van der Waals surface area contributed by atoms with Crippen LogP contribution in [0, 0.1) is 10.7 Å². The van der Waals surface area contributed by atoms with E-state index in [1.54, 1.807) is 13.8 Å². The molecule has 6 nitrogen and oxygen atoms in total. The maximum absolute atomic E-state index is 11.6. The summed E-state index contributed by atoms with van der Waals surface area (Å²) in [6.45, 7) is 3.73. The van der Waals surface area contributed by atoms with Gasteiger partial charge in [-0.1, -0.05) is 0 Å². The van der Waals surface area contributed by atoms with E-state index in [1.165, 1.54) is 12.1 Å². The van der Waals surface area contributed by atoms with Crippen LogP contribution < -0.4 is 0 Å². The maximum Gasteiger partial charge on any atom is 0.356 e. The zero-order valence-corrected chi connectivity index (χ0v) is 11.3. The van der Waals surface area contributed by atoms with Crippen molar-refractivity contribution in [2.45, 2.75) is 18.7 Å². The molecule has 1 rings (SSSR count). The summed E-state index contributed by atoms with van der Waals surface area (Å²) in [6, 6.07) is 2.79. The van der Waals surface area contributed by atoms with Crippen LogP contribution in [-0.4, -0.2) is 30.1 Å². The molecule has 0 aliphatic rings. The molecule has 1 heterocycles.